The second-order valence-corrected chi connectivity index (χ2v) is 4.92. The van der Waals surface area contributed by atoms with Crippen LogP contribution >= 0.6 is 0 Å². The number of ether oxygens (including phenoxy) is 1. The SMILES string of the molecule is Fc1cccc(C#Cc2cncc(OCC3CCN3)c2)c1. The molecular weight excluding hydrogens is 267 g/mol. The highest BCUT2D eigenvalue weighted by Crippen LogP contribution is 2.12. The molecule has 21 heavy (non-hydrogen) atoms. The van der Waals surface area contributed by atoms with Gasteiger partial charge in [0.1, 0.15) is 18.2 Å². The molecule has 1 fully saturated rings. The molecule has 106 valence electrons. The van der Waals surface area contributed by atoms with Gasteiger partial charge >= 0.3 is 0 Å². The standard InChI is InChI=1S/C17H15FN2O/c18-15-3-1-2-13(8-15)4-5-14-9-17(11-19-10-14)21-12-16-6-7-20-16/h1-3,8-11,16,20H,6-7,12H2. The van der Waals surface area contributed by atoms with Gasteiger partial charge < -0.3 is 10.1 Å². The van der Waals surface area contributed by atoms with Crippen LogP contribution in [0.1, 0.15) is 17.5 Å². The van der Waals surface area contributed by atoms with Crippen LogP contribution in [-0.4, -0.2) is 24.2 Å². The maximum atomic E-state index is 13.1. The van der Waals surface area contributed by atoms with Gasteiger partial charge in [0.05, 0.1) is 6.20 Å². The van der Waals surface area contributed by atoms with Crippen LogP contribution in [0, 0.1) is 17.7 Å². The predicted octanol–water partition coefficient (Wildman–Crippen LogP) is 2.36. The first-order valence-electron chi connectivity index (χ1n) is 6.88. The van der Waals surface area contributed by atoms with Crippen molar-refractivity contribution in [1.82, 2.24) is 10.3 Å². The highest BCUT2D eigenvalue weighted by molar-refractivity contribution is 5.43. The highest BCUT2D eigenvalue weighted by atomic mass is 19.1. The smallest absolute Gasteiger partial charge is 0.138 e. The molecule has 0 bridgehead atoms. The summed E-state index contributed by atoms with van der Waals surface area (Å²) < 4.78 is 18.7. The molecule has 0 spiro atoms. The number of halogens is 1. The third kappa shape index (κ3) is 3.80. The van der Waals surface area contributed by atoms with Crippen LogP contribution < -0.4 is 10.1 Å². The predicted molar refractivity (Wildman–Crippen MR) is 78.5 cm³/mol. The Kier molecular flexibility index (Phi) is 4.13. The topological polar surface area (TPSA) is 34.1 Å². The lowest BCUT2D eigenvalue weighted by atomic mass is 10.1. The van der Waals surface area contributed by atoms with Crippen molar-refractivity contribution < 1.29 is 9.13 Å². The van der Waals surface area contributed by atoms with Crippen molar-refractivity contribution in [1.29, 1.82) is 0 Å². The van der Waals surface area contributed by atoms with Crippen LogP contribution in [-0.2, 0) is 0 Å². The van der Waals surface area contributed by atoms with E-state index >= 15 is 0 Å². The molecule has 0 aliphatic carbocycles. The Morgan fingerprint density at radius 1 is 1.24 bits per heavy atom. The summed E-state index contributed by atoms with van der Waals surface area (Å²) in [6.45, 7) is 1.70. The van der Waals surface area contributed by atoms with Gasteiger partial charge in [-0.3, -0.25) is 4.98 Å². The van der Waals surface area contributed by atoms with Crippen LogP contribution in [0.4, 0.5) is 4.39 Å². The molecule has 1 N–H and O–H groups in total. The molecular formula is C17H15FN2O. The van der Waals surface area contributed by atoms with Crippen LogP contribution in [0.15, 0.2) is 42.7 Å². The lowest BCUT2D eigenvalue weighted by molar-refractivity contribution is 0.217. The van der Waals surface area contributed by atoms with Crippen molar-refractivity contribution in [3.63, 3.8) is 0 Å². The molecule has 1 aromatic carbocycles. The second-order valence-electron chi connectivity index (χ2n) is 4.92. The Hall–Kier alpha value is -2.38. The minimum atomic E-state index is -0.287. The van der Waals surface area contributed by atoms with Crippen LogP contribution in [0.3, 0.4) is 0 Å². The van der Waals surface area contributed by atoms with Gasteiger partial charge in [-0.2, -0.15) is 0 Å². The number of pyridine rings is 1. The number of benzene rings is 1. The maximum absolute atomic E-state index is 13.1. The zero-order valence-electron chi connectivity index (χ0n) is 11.5. The summed E-state index contributed by atoms with van der Waals surface area (Å²) in [5.41, 5.74) is 1.39. The van der Waals surface area contributed by atoms with E-state index < -0.39 is 0 Å². The first kappa shape index (κ1) is 13.6. The van der Waals surface area contributed by atoms with Gasteiger partial charge in [0.2, 0.25) is 0 Å². The Bertz CT molecular complexity index is 686. The summed E-state index contributed by atoms with van der Waals surface area (Å²) in [6.07, 6.45) is 4.49. The normalized spacial score (nSPS) is 16.5. The summed E-state index contributed by atoms with van der Waals surface area (Å²) >= 11 is 0. The lowest BCUT2D eigenvalue weighted by Gasteiger charge is -2.27. The lowest BCUT2D eigenvalue weighted by Crippen LogP contribution is -2.46. The maximum Gasteiger partial charge on any atom is 0.138 e. The van der Waals surface area contributed by atoms with E-state index in [1.54, 1.807) is 24.5 Å². The average molecular weight is 282 g/mol. The second kappa shape index (κ2) is 6.38. The van der Waals surface area contributed by atoms with Crippen molar-refractivity contribution >= 4 is 0 Å². The molecule has 0 saturated carbocycles. The van der Waals surface area contributed by atoms with E-state index in [0.29, 0.717) is 24.0 Å². The van der Waals surface area contributed by atoms with E-state index in [1.165, 1.54) is 12.1 Å². The fourth-order valence-electron chi connectivity index (χ4n) is 1.96. The molecule has 1 saturated heterocycles. The van der Waals surface area contributed by atoms with Crippen molar-refractivity contribution in [2.24, 2.45) is 0 Å². The molecule has 2 aromatic rings. The third-order valence-corrected chi connectivity index (χ3v) is 3.27. The number of nitrogens with zero attached hydrogens (tertiary/aromatic N) is 1. The van der Waals surface area contributed by atoms with E-state index in [1.807, 2.05) is 6.07 Å². The zero-order valence-corrected chi connectivity index (χ0v) is 11.5. The van der Waals surface area contributed by atoms with E-state index in [2.05, 4.69) is 22.1 Å². The van der Waals surface area contributed by atoms with Gasteiger partial charge in [0, 0.05) is 23.4 Å². The fraction of sp³-hybridized carbons (Fsp3) is 0.235. The largest absolute Gasteiger partial charge is 0.490 e. The molecule has 3 nitrogen and oxygen atoms in total. The van der Waals surface area contributed by atoms with Crippen LogP contribution in [0.5, 0.6) is 5.75 Å². The van der Waals surface area contributed by atoms with Gasteiger partial charge in [-0.15, -0.1) is 0 Å². The van der Waals surface area contributed by atoms with E-state index in [4.69, 9.17) is 4.74 Å². The van der Waals surface area contributed by atoms with Gasteiger partial charge in [0.25, 0.3) is 0 Å². The minimum absolute atomic E-state index is 0.287. The molecule has 1 aliphatic rings. The molecule has 0 radical (unpaired) electrons. The van der Waals surface area contributed by atoms with Crippen molar-refractivity contribution in [3.05, 3.63) is 59.7 Å². The Morgan fingerprint density at radius 3 is 2.86 bits per heavy atom. The minimum Gasteiger partial charge on any atom is -0.490 e. The third-order valence-electron chi connectivity index (χ3n) is 3.27. The van der Waals surface area contributed by atoms with Crippen molar-refractivity contribution in [3.8, 4) is 17.6 Å². The first-order valence-corrected chi connectivity index (χ1v) is 6.88. The molecule has 0 amide bonds. The quantitative estimate of drug-likeness (QED) is 0.878. The summed E-state index contributed by atoms with van der Waals surface area (Å²) in [6, 6.07) is 8.50. The van der Waals surface area contributed by atoms with Gasteiger partial charge in [-0.1, -0.05) is 17.9 Å². The average Bonchev–Trinajstić information content (AvgIpc) is 2.44. The summed E-state index contributed by atoms with van der Waals surface area (Å²) in [5.74, 6) is 6.30. The Labute approximate surface area is 123 Å². The molecule has 4 heteroatoms. The molecule has 2 heterocycles. The number of rotatable bonds is 3. The molecule has 1 aliphatic heterocycles. The van der Waals surface area contributed by atoms with Crippen molar-refractivity contribution in [2.75, 3.05) is 13.2 Å². The number of hydrogen-bond donors (Lipinski definition) is 1. The monoisotopic (exact) mass is 282 g/mol. The number of nitrogens with one attached hydrogen (secondary N) is 1. The van der Waals surface area contributed by atoms with Gasteiger partial charge in [-0.25, -0.2) is 4.39 Å². The number of aromatic nitrogens is 1. The van der Waals surface area contributed by atoms with E-state index in [0.717, 1.165) is 18.5 Å². The van der Waals surface area contributed by atoms with Crippen LogP contribution in [0.2, 0.25) is 0 Å². The summed E-state index contributed by atoms with van der Waals surface area (Å²) in [7, 11) is 0. The molecule has 1 unspecified atom stereocenters. The van der Waals surface area contributed by atoms with Gasteiger partial charge in [-0.05, 0) is 37.2 Å². The van der Waals surface area contributed by atoms with E-state index in [9.17, 15) is 4.39 Å². The number of hydrogen-bond acceptors (Lipinski definition) is 3. The molecule has 3 rings (SSSR count). The Morgan fingerprint density at radius 2 is 2.10 bits per heavy atom. The van der Waals surface area contributed by atoms with Crippen molar-refractivity contribution in [2.45, 2.75) is 12.5 Å². The van der Waals surface area contributed by atoms with Gasteiger partial charge in [0.15, 0.2) is 0 Å². The summed E-state index contributed by atoms with van der Waals surface area (Å²) in [4.78, 5) is 4.11. The highest BCUT2D eigenvalue weighted by Gasteiger charge is 2.16. The van der Waals surface area contributed by atoms with Crippen LogP contribution in [0.25, 0.3) is 0 Å². The van der Waals surface area contributed by atoms with E-state index in [-0.39, 0.29) is 5.82 Å². The summed E-state index contributed by atoms with van der Waals surface area (Å²) in [5, 5.41) is 3.27. The molecule has 1 atom stereocenters. The Balaban J connectivity index is 1.68. The fourth-order valence-corrected chi connectivity index (χ4v) is 1.96. The first-order chi connectivity index (χ1) is 10.3. The molecule has 1 aromatic heterocycles. The zero-order chi connectivity index (χ0) is 14.5.